The van der Waals surface area contributed by atoms with Gasteiger partial charge in [0.15, 0.2) is 11.6 Å². The third kappa shape index (κ3) is 29.2. The Kier molecular flexibility index (Phi) is 41.0. The van der Waals surface area contributed by atoms with Gasteiger partial charge in [-0.15, -0.1) is 0 Å². The molecule has 1 aromatic rings. The van der Waals surface area contributed by atoms with Gasteiger partial charge in [-0.2, -0.15) is 17.2 Å². The minimum atomic E-state index is -1.44. The largest absolute Gasteiger partial charge is 1.00 e. The minimum Gasteiger partial charge on any atom is -0.857 e. The standard InChI is InChI=1S/C15H23N3O5.C14H21N3O6.C14H23NO6.C11H17N3O6.C10H15N3O2.CH3O.Na.H2/c1-6-8(2)13(22-10(4)19)14-9(3)11(17-18-16)7-12(23-14)15(20)21-5;1-7-8(16-17-15)5-9(13(19)20-4)22-12(7)11(18)10-6-21-14(2,3)23-10;1-7-8(15)5-9(13(17)18-4)20-12(7)11(16)10-6-19-14(2,3)21-10;1-5-6(13-14-12)3-8(11(18)19-2)20-10(5)9(17)7(16)4-15;1-8(13-7-5-6-11-13)12-9(14)15-10(2,3)4;1-2;;/h7-9,11,13-14H,6H2,1-5H3;5,7-8,10-12,18H,6H2,1-4H3;5,7-8,10-12,16H,6,15H2,1-4H3;3,5-7,9-10,15-17H,4H2,1-2H3;5-7H,1-4H3;1H3;;1H/q;;;;;-1;+1;/t8-,9-,11+,13-,14-;2*7-,8+,10-,11-,12-;5-,6+,7-,9-,10-;;;;/m1111..../s1. The molecule has 6 aliphatic rings. The van der Waals surface area contributed by atoms with Crippen molar-refractivity contribution < 1.29 is 157 Å². The molecular weight excluding hydrogens is 1400 g/mol. The summed E-state index contributed by atoms with van der Waals surface area (Å²) in [5.74, 6) is -5.87. The van der Waals surface area contributed by atoms with Crippen molar-refractivity contribution in [2.45, 2.75) is 219 Å². The number of aliphatic hydroxyl groups excluding tert-OH is 5. The van der Waals surface area contributed by atoms with Crippen LogP contribution in [0.2, 0.25) is 0 Å². The minimum absolute atomic E-state index is 0. The van der Waals surface area contributed by atoms with Gasteiger partial charge in [-0.05, 0) is 115 Å². The van der Waals surface area contributed by atoms with Gasteiger partial charge < -0.3 is 103 Å². The third-order valence-corrected chi connectivity index (χ3v) is 16.5. The van der Waals surface area contributed by atoms with E-state index in [1.54, 1.807) is 87.7 Å². The van der Waals surface area contributed by atoms with Crippen molar-refractivity contribution in [1.29, 1.82) is 0 Å². The molecule has 20 atom stereocenters. The smallest absolute Gasteiger partial charge is 0.857 e. The molecule has 0 aromatic carbocycles. The Hall–Kier alpha value is -7.65. The third-order valence-electron chi connectivity index (χ3n) is 16.5. The fourth-order valence-corrected chi connectivity index (χ4v) is 10.6. The molecule has 0 saturated carbocycles. The van der Waals surface area contributed by atoms with E-state index in [0.29, 0.717) is 5.84 Å². The number of hydrogen-bond donors (Lipinski definition) is 6. The summed E-state index contributed by atoms with van der Waals surface area (Å²) in [6.07, 6.45) is -0.562. The second-order valence-corrected chi connectivity index (χ2v) is 26.0. The number of aliphatic imine (C=N–C) groups is 1. The number of esters is 5. The van der Waals surface area contributed by atoms with Gasteiger partial charge in [0.1, 0.15) is 78.6 Å². The van der Waals surface area contributed by atoms with Crippen molar-refractivity contribution in [2.75, 3.05) is 55.4 Å². The molecule has 6 aliphatic heterocycles. The van der Waals surface area contributed by atoms with Crippen LogP contribution in [0.1, 0.15) is 112 Å². The molecule has 1 amide bonds. The number of methoxy groups -OCH3 is 4. The quantitative estimate of drug-likeness (QED) is 0.0178. The number of aliphatic hydroxyl groups is 5. The summed E-state index contributed by atoms with van der Waals surface area (Å²) in [6, 6.07) is -0.627. The molecule has 0 aliphatic carbocycles. The van der Waals surface area contributed by atoms with Gasteiger partial charge in [0.2, 0.25) is 23.0 Å². The van der Waals surface area contributed by atoms with Crippen molar-refractivity contribution >= 4 is 41.8 Å². The van der Waals surface area contributed by atoms with Gasteiger partial charge in [0, 0.05) is 65.2 Å². The van der Waals surface area contributed by atoms with Gasteiger partial charge >= 0.3 is 65.5 Å². The SMILES string of the molecule is CC(=NC(=O)OC(C)(C)C)n1cccn1.CC[C@@H](C)[C@@H](OC(C)=O)[C@@H]1OC(C(=O)OC)=C[C@H](N=[N+]=[N-])[C@H]1C.COC(=O)C1=C[C@H](N)[C@@H](C)[C@H]([C@H](O)[C@H]2COC(C)(C)O2)O1.COC(=O)C1=C[C@H](N=[N+]=[N-])[C@@H](C)[C@H]([C@H](O)[C@H](O)CO)O1.COC(=O)C1=C[C@H](N=[N+]=[N-])[C@@H](C)[C@H]([C@H](O)[C@H]2COC(C)(C)O2)O1.C[O-].[HH].[Na+]. The Morgan fingerprint density at radius 2 is 1.05 bits per heavy atom. The molecule has 7 rings (SSSR count). The number of aromatic nitrogens is 2. The first-order valence-electron chi connectivity index (χ1n) is 32.8. The van der Waals surface area contributed by atoms with Crippen LogP contribution < -0.4 is 40.4 Å². The maximum atomic E-state index is 11.8. The maximum absolute atomic E-state index is 11.8. The van der Waals surface area contributed by atoms with Crippen LogP contribution in [0.3, 0.4) is 0 Å². The van der Waals surface area contributed by atoms with Crippen LogP contribution in [0.4, 0.5) is 4.79 Å². The summed E-state index contributed by atoms with van der Waals surface area (Å²) in [7, 11) is 5.62. The van der Waals surface area contributed by atoms with Crippen LogP contribution in [-0.4, -0.2) is 241 Å². The number of nitrogens with two attached hydrogens (primary N) is 1. The predicted molar refractivity (Wildman–Crippen MR) is 364 cm³/mol. The molecule has 7 N–H and O–H groups in total. The Labute approximate surface area is 632 Å². The molecule has 0 unspecified atom stereocenters. The summed E-state index contributed by atoms with van der Waals surface area (Å²) in [5, 5.41) is 72.4. The molecule has 105 heavy (non-hydrogen) atoms. The van der Waals surface area contributed by atoms with E-state index in [9.17, 15) is 49.2 Å². The van der Waals surface area contributed by atoms with Crippen LogP contribution in [0.25, 0.3) is 31.3 Å². The van der Waals surface area contributed by atoms with Crippen molar-refractivity contribution in [3.63, 3.8) is 0 Å². The summed E-state index contributed by atoms with van der Waals surface area (Å²) in [4.78, 5) is 81.4. The van der Waals surface area contributed by atoms with Crippen LogP contribution in [0.5, 0.6) is 0 Å². The van der Waals surface area contributed by atoms with Crippen molar-refractivity contribution in [2.24, 2.45) is 55.7 Å². The average Bonchev–Trinajstić information content (AvgIpc) is 1.58. The number of ether oxygens (including phenoxy) is 14. The second-order valence-electron chi connectivity index (χ2n) is 26.0. The van der Waals surface area contributed by atoms with E-state index in [4.69, 9.17) is 79.9 Å². The molecule has 40 heteroatoms. The van der Waals surface area contributed by atoms with E-state index < -0.39 is 157 Å². The number of amides is 1. The molecule has 0 spiro atoms. The van der Waals surface area contributed by atoms with E-state index in [0.717, 1.165) is 20.6 Å². The van der Waals surface area contributed by atoms with Gasteiger partial charge in [0.05, 0.1) is 66.4 Å². The fraction of sp³-hybridized carbons (Fsp3) is 0.723. The first-order chi connectivity index (χ1) is 48.7. The molecule has 2 saturated heterocycles. The molecule has 2 fully saturated rings. The van der Waals surface area contributed by atoms with Crippen LogP contribution >= 0.6 is 0 Å². The summed E-state index contributed by atoms with van der Waals surface area (Å²) in [5.41, 5.74) is 31.4. The number of carbonyl (C=O) groups is 6. The van der Waals surface area contributed by atoms with E-state index in [2.05, 4.69) is 59.1 Å². The molecule has 7 heterocycles. The second kappa shape index (κ2) is 45.1. The Morgan fingerprint density at radius 1 is 0.676 bits per heavy atom. The Bertz CT molecular complexity index is 3300. The van der Waals surface area contributed by atoms with Gasteiger partial charge in [-0.3, -0.25) is 4.79 Å². The number of carbonyl (C=O) groups excluding carboxylic acids is 6. The molecule has 0 radical (unpaired) electrons. The van der Waals surface area contributed by atoms with E-state index >= 15 is 0 Å². The first-order valence-corrected chi connectivity index (χ1v) is 32.8. The number of rotatable bonds is 18. The Balaban J connectivity index is 0.00000129. The number of nitrogens with zero attached hydrogens (tertiary/aromatic N) is 12. The topological polar surface area (TPSA) is 558 Å². The fourth-order valence-electron chi connectivity index (χ4n) is 10.6. The average molecular weight is 1510 g/mol. The number of azide groups is 3. The van der Waals surface area contributed by atoms with Crippen molar-refractivity contribution in [3.8, 4) is 0 Å². The monoisotopic (exact) mass is 1510 g/mol. The number of hydrogen-bond acceptors (Lipinski definition) is 31. The van der Waals surface area contributed by atoms with Crippen molar-refractivity contribution in [1.82, 2.24) is 9.78 Å². The normalized spacial score (nSPS) is 27.7. The summed E-state index contributed by atoms with van der Waals surface area (Å²) in [6.45, 7) is 26.2. The zero-order valence-electron chi connectivity index (χ0n) is 63.2. The van der Waals surface area contributed by atoms with Gasteiger partial charge in [-0.25, -0.2) is 28.7 Å². The van der Waals surface area contributed by atoms with Gasteiger partial charge in [0.25, 0.3) is 0 Å². The van der Waals surface area contributed by atoms with E-state index in [1.807, 2.05) is 27.7 Å². The zero-order chi connectivity index (χ0) is 79.3. The van der Waals surface area contributed by atoms with E-state index in [1.165, 1.54) is 57.2 Å². The summed E-state index contributed by atoms with van der Waals surface area (Å²) < 4.78 is 74.8. The Morgan fingerprint density at radius 3 is 1.38 bits per heavy atom. The zero-order valence-corrected chi connectivity index (χ0v) is 65.2. The summed E-state index contributed by atoms with van der Waals surface area (Å²) >= 11 is 0. The van der Waals surface area contributed by atoms with Crippen LogP contribution in [-0.2, 0) is 90.3 Å². The van der Waals surface area contributed by atoms with Crippen LogP contribution in [0, 0.1) is 29.6 Å². The molecule has 39 nitrogen and oxygen atoms in total. The molecule has 586 valence electrons. The van der Waals surface area contributed by atoms with Crippen LogP contribution in [0.15, 0.2) is 86.1 Å². The first kappa shape index (κ1) is 95.4. The molecule has 0 bridgehead atoms. The molecular formula is C65H104N13NaO26. The molecule has 1 aromatic heterocycles. The predicted octanol–water partition coefficient (Wildman–Crippen LogP) is 1.70. The maximum Gasteiger partial charge on any atom is 1.00 e. The van der Waals surface area contributed by atoms with E-state index in [-0.39, 0.29) is 90.9 Å². The van der Waals surface area contributed by atoms with Crippen molar-refractivity contribution in [3.05, 3.63) is 97.1 Å². The van der Waals surface area contributed by atoms with Gasteiger partial charge in [-0.1, -0.05) is 56.9 Å².